The van der Waals surface area contributed by atoms with Gasteiger partial charge in [-0.2, -0.15) is 0 Å². The van der Waals surface area contributed by atoms with Crippen LogP contribution >= 0.6 is 0 Å². The molecule has 4 heteroatoms. The maximum Gasteiger partial charge on any atom is 0.137 e. The number of furan rings is 1. The van der Waals surface area contributed by atoms with Crippen LogP contribution in [-0.2, 0) is 0 Å². The average Bonchev–Trinajstić information content (AvgIpc) is 2.62. The van der Waals surface area contributed by atoms with E-state index in [2.05, 4.69) is 0 Å². The zero-order chi connectivity index (χ0) is 10.1. The highest BCUT2D eigenvalue weighted by molar-refractivity contribution is 5.80. The van der Waals surface area contributed by atoms with Gasteiger partial charge in [-0.25, -0.2) is 0 Å². The summed E-state index contributed by atoms with van der Waals surface area (Å²) in [5, 5.41) is 19.3. The molecule has 0 radical (unpaired) electrons. The smallest absolute Gasteiger partial charge is 0.137 e. The first kappa shape index (κ1) is 9.05. The molecule has 1 heterocycles. The molecule has 2 rings (SSSR count). The third-order valence-electron chi connectivity index (χ3n) is 2.20. The fraction of sp³-hybridized carbons (Fsp3) is 0.200. The van der Waals surface area contributed by atoms with Gasteiger partial charge in [-0.3, -0.25) is 0 Å². The number of phenols is 1. The van der Waals surface area contributed by atoms with Gasteiger partial charge in [-0.05, 0) is 12.1 Å². The maximum absolute atomic E-state index is 9.58. The molecular weight excluding hydrogens is 182 g/mol. The second kappa shape index (κ2) is 3.32. The molecule has 1 unspecified atom stereocenters. The second-order valence-electron chi connectivity index (χ2n) is 3.16. The second-order valence-corrected chi connectivity index (χ2v) is 3.16. The van der Waals surface area contributed by atoms with Gasteiger partial charge >= 0.3 is 0 Å². The van der Waals surface area contributed by atoms with E-state index in [-0.39, 0.29) is 12.4 Å². The van der Waals surface area contributed by atoms with Gasteiger partial charge in [0.15, 0.2) is 0 Å². The molecule has 0 saturated carbocycles. The van der Waals surface area contributed by atoms with Crippen LogP contribution in [0.4, 0.5) is 0 Å². The lowest BCUT2D eigenvalue weighted by Crippen LogP contribution is -2.14. The Labute approximate surface area is 80.6 Å². The number of rotatable bonds is 2. The van der Waals surface area contributed by atoms with Gasteiger partial charge in [0.25, 0.3) is 0 Å². The molecule has 0 amide bonds. The fourth-order valence-corrected chi connectivity index (χ4v) is 1.41. The van der Waals surface area contributed by atoms with Crippen LogP contribution < -0.4 is 5.73 Å². The van der Waals surface area contributed by atoms with E-state index in [1.54, 1.807) is 18.4 Å². The normalized spacial score (nSPS) is 13.3. The first-order valence-electron chi connectivity index (χ1n) is 4.29. The van der Waals surface area contributed by atoms with Gasteiger partial charge in [0.05, 0.1) is 18.9 Å². The van der Waals surface area contributed by atoms with Gasteiger partial charge in [-0.15, -0.1) is 0 Å². The molecule has 0 spiro atoms. The number of phenolic OH excluding ortho intramolecular Hbond substituents is 1. The minimum absolute atomic E-state index is 0.0500. The summed E-state index contributed by atoms with van der Waals surface area (Å²) >= 11 is 0. The zero-order valence-electron chi connectivity index (χ0n) is 7.47. The van der Waals surface area contributed by atoms with Crippen LogP contribution in [0.15, 0.2) is 28.9 Å². The Morgan fingerprint density at radius 3 is 2.93 bits per heavy atom. The van der Waals surface area contributed by atoms with Crippen LogP contribution in [0, 0.1) is 0 Å². The third kappa shape index (κ3) is 1.34. The number of nitrogens with two attached hydrogens (primary N) is 1. The Balaban J connectivity index is 2.58. The van der Waals surface area contributed by atoms with E-state index < -0.39 is 6.04 Å². The van der Waals surface area contributed by atoms with Crippen molar-refractivity contribution >= 4 is 11.0 Å². The Hall–Kier alpha value is -1.52. The Morgan fingerprint density at radius 2 is 2.21 bits per heavy atom. The number of aromatic hydroxyl groups is 1. The van der Waals surface area contributed by atoms with Crippen molar-refractivity contribution in [3.63, 3.8) is 0 Å². The van der Waals surface area contributed by atoms with Gasteiger partial charge in [0.2, 0.25) is 0 Å². The van der Waals surface area contributed by atoms with E-state index in [9.17, 15) is 5.11 Å². The molecule has 74 valence electrons. The van der Waals surface area contributed by atoms with Gasteiger partial charge in [-0.1, -0.05) is 0 Å². The first-order chi connectivity index (χ1) is 6.72. The molecule has 0 aliphatic rings. The van der Waals surface area contributed by atoms with Crippen molar-refractivity contribution in [3.8, 4) is 5.75 Å². The lowest BCUT2D eigenvalue weighted by atomic mass is 10.1. The molecule has 1 aromatic heterocycles. The fourth-order valence-electron chi connectivity index (χ4n) is 1.41. The van der Waals surface area contributed by atoms with E-state index in [0.717, 1.165) is 5.39 Å². The summed E-state index contributed by atoms with van der Waals surface area (Å²) in [7, 11) is 0. The average molecular weight is 193 g/mol. The van der Waals surface area contributed by atoms with Crippen molar-refractivity contribution in [2.45, 2.75) is 6.04 Å². The van der Waals surface area contributed by atoms with Crippen LogP contribution in [0.5, 0.6) is 5.75 Å². The summed E-state index contributed by atoms with van der Waals surface area (Å²) in [6, 6.07) is 4.44. The van der Waals surface area contributed by atoms with Crippen molar-refractivity contribution in [1.82, 2.24) is 0 Å². The van der Waals surface area contributed by atoms with Crippen LogP contribution in [0.1, 0.15) is 11.6 Å². The number of hydrogen-bond acceptors (Lipinski definition) is 4. The van der Waals surface area contributed by atoms with E-state index in [1.807, 2.05) is 0 Å². The molecule has 4 N–H and O–H groups in total. The minimum Gasteiger partial charge on any atom is -0.507 e. The Bertz CT molecular complexity index is 450. The lowest BCUT2D eigenvalue weighted by molar-refractivity contribution is 0.265. The highest BCUT2D eigenvalue weighted by Gasteiger charge is 2.11. The quantitative estimate of drug-likeness (QED) is 0.668. The van der Waals surface area contributed by atoms with Gasteiger partial charge < -0.3 is 20.4 Å². The van der Waals surface area contributed by atoms with Crippen LogP contribution in [0.3, 0.4) is 0 Å². The molecule has 0 bridgehead atoms. The van der Waals surface area contributed by atoms with Crippen LogP contribution in [0.2, 0.25) is 0 Å². The van der Waals surface area contributed by atoms with Crippen molar-refractivity contribution in [3.05, 3.63) is 30.0 Å². The molecule has 0 saturated heterocycles. The number of hydrogen-bond donors (Lipinski definition) is 3. The topological polar surface area (TPSA) is 79.6 Å². The van der Waals surface area contributed by atoms with E-state index in [1.165, 1.54) is 6.07 Å². The molecule has 0 aliphatic heterocycles. The summed E-state index contributed by atoms with van der Waals surface area (Å²) in [6.45, 7) is -0.198. The standard InChI is InChI=1S/C10H11NO3/c11-8(5-12)7-3-6-1-2-14-10(6)4-9(7)13/h1-4,8,12-13H,5,11H2. The van der Waals surface area contributed by atoms with E-state index in [4.69, 9.17) is 15.3 Å². The minimum atomic E-state index is -0.561. The Morgan fingerprint density at radius 1 is 1.43 bits per heavy atom. The Kier molecular flexibility index (Phi) is 2.15. The number of aliphatic hydroxyl groups is 1. The summed E-state index contributed by atoms with van der Waals surface area (Å²) in [4.78, 5) is 0. The maximum atomic E-state index is 9.58. The highest BCUT2D eigenvalue weighted by Crippen LogP contribution is 2.28. The largest absolute Gasteiger partial charge is 0.507 e. The molecule has 2 aromatic rings. The summed E-state index contributed by atoms with van der Waals surface area (Å²) in [5.74, 6) is 0.0500. The number of aliphatic hydroxyl groups excluding tert-OH is 1. The first-order valence-corrected chi connectivity index (χ1v) is 4.29. The summed E-state index contributed by atoms with van der Waals surface area (Å²) in [6.07, 6.45) is 1.54. The van der Waals surface area contributed by atoms with E-state index >= 15 is 0 Å². The van der Waals surface area contributed by atoms with Crippen molar-refractivity contribution in [2.24, 2.45) is 5.73 Å². The monoisotopic (exact) mass is 193 g/mol. The molecular formula is C10H11NO3. The number of fused-ring (bicyclic) bond motifs is 1. The van der Waals surface area contributed by atoms with Gasteiger partial charge in [0, 0.05) is 17.0 Å². The summed E-state index contributed by atoms with van der Waals surface area (Å²) in [5.41, 5.74) is 6.75. The predicted octanol–water partition coefficient (Wildman–Crippen LogP) is 1.13. The highest BCUT2D eigenvalue weighted by atomic mass is 16.3. The molecule has 14 heavy (non-hydrogen) atoms. The molecule has 0 aliphatic carbocycles. The van der Waals surface area contributed by atoms with Crippen molar-refractivity contribution in [1.29, 1.82) is 0 Å². The SMILES string of the molecule is NC(CO)c1cc2ccoc2cc1O. The third-order valence-corrected chi connectivity index (χ3v) is 2.20. The van der Waals surface area contributed by atoms with Gasteiger partial charge in [0.1, 0.15) is 11.3 Å². The summed E-state index contributed by atoms with van der Waals surface area (Å²) < 4.78 is 5.10. The molecule has 0 fully saturated rings. The predicted molar refractivity (Wildman–Crippen MR) is 51.9 cm³/mol. The molecule has 1 aromatic carbocycles. The lowest BCUT2D eigenvalue weighted by Gasteiger charge is -2.10. The number of benzene rings is 1. The van der Waals surface area contributed by atoms with Crippen molar-refractivity contribution < 1.29 is 14.6 Å². The van der Waals surface area contributed by atoms with E-state index in [0.29, 0.717) is 11.1 Å². The van der Waals surface area contributed by atoms with Crippen LogP contribution in [0.25, 0.3) is 11.0 Å². The van der Waals surface area contributed by atoms with Crippen LogP contribution in [-0.4, -0.2) is 16.8 Å². The van der Waals surface area contributed by atoms with Crippen molar-refractivity contribution in [2.75, 3.05) is 6.61 Å². The molecule has 1 atom stereocenters. The zero-order valence-corrected chi connectivity index (χ0v) is 7.47. The molecule has 4 nitrogen and oxygen atoms in total.